The van der Waals surface area contributed by atoms with Crippen LogP contribution in [0.15, 0.2) is 6.33 Å². The highest BCUT2D eigenvalue weighted by atomic mass is 35.5. The normalized spacial score (nSPS) is 12.2. The number of nitrogens with one attached hydrogen (secondary N) is 1. The highest BCUT2D eigenvalue weighted by Crippen LogP contribution is 2.18. The van der Waals surface area contributed by atoms with Crippen molar-refractivity contribution in [1.29, 1.82) is 0 Å². The van der Waals surface area contributed by atoms with Crippen molar-refractivity contribution in [3.8, 4) is 0 Å². The first-order chi connectivity index (χ1) is 6.52. The minimum atomic E-state index is -0.486. The second kappa shape index (κ2) is 4.23. The molecule has 0 bridgehead atoms. The van der Waals surface area contributed by atoms with E-state index in [1.165, 1.54) is 6.33 Å². The van der Waals surface area contributed by atoms with Crippen molar-refractivity contribution in [2.45, 2.75) is 19.9 Å². The highest BCUT2D eigenvalue weighted by Gasteiger charge is 2.11. The molecular formula is C8H11ClN4O. The Morgan fingerprint density at radius 3 is 2.86 bits per heavy atom. The van der Waals surface area contributed by atoms with Gasteiger partial charge in [-0.15, -0.1) is 0 Å². The molecule has 1 aromatic rings. The maximum absolute atomic E-state index is 10.8. The minimum Gasteiger partial charge on any atom is -0.368 e. The summed E-state index contributed by atoms with van der Waals surface area (Å²) in [5.74, 6) is 0.0791. The smallest absolute Gasteiger partial charge is 0.239 e. The van der Waals surface area contributed by atoms with E-state index in [2.05, 4.69) is 15.3 Å². The van der Waals surface area contributed by atoms with Crippen molar-refractivity contribution in [3.05, 3.63) is 17.0 Å². The van der Waals surface area contributed by atoms with E-state index in [0.29, 0.717) is 16.5 Å². The topological polar surface area (TPSA) is 80.9 Å². The molecule has 0 saturated carbocycles. The fourth-order valence-corrected chi connectivity index (χ4v) is 0.984. The van der Waals surface area contributed by atoms with Gasteiger partial charge in [-0.05, 0) is 13.8 Å². The van der Waals surface area contributed by atoms with Crippen LogP contribution in [-0.4, -0.2) is 21.9 Å². The van der Waals surface area contributed by atoms with Gasteiger partial charge < -0.3 is 11.1 Å². The van der Waals surface area contributed by atoms with Crippen molar-refractivity contribution in [1.82, 2.24) is 9.97 Å². The number of carbonyl (C=O) groups is 1. The lowest BCUT2D eigenvalue weighted by atomic mass is 10.3. The number of rotatable bonds is 3. The molecule has 1 aromatic heterocycles. The molecule has 1 unspecified atom stereocenters. The van der Waals surface area contributed by atoms with E-state index in [9.17, 15) is 4.79 Å². The van der Waals surface area contributed by atoms with E-state index in [0.717, 1.165) is 0 Å². The molecule has 1 atom stereocenters. The number of halogens is 1. The lowest BCUT2D eigenvalue weighted by molar-refractivity contribution is -0.118. The molecule has 1 rings (SSSR count). The van der Waals surface area contributed by atoms with Crippen LogP contribution in [0.5, 0.6) is 0 Å². The number of carbonyl (C=O) groups excluding carboxylic acids is 1. The van der Waals surface area contributed by atoms with Crippen LogP contribution in [0.25, 0.3) is 0 Å². The van der Waals surface area contributed by atoms with E-state index in [1.807, 2.05) is 0 Å². The van der Waals surface area contributed by atoms with Gasteiger partial charge in [0.1, 0.15) is 23.3 Å². The summed E-state index contributed by atoms with van der Waals surface area (Å²) in [7, 11) is 0. The third-order valence-electron chi connectivity index (χ3n) is 1.80. The Hall–Kier alpha value is -1.36. The number of anilines is 1. The quantitative estimate of drug-likeness (QED) is 0.727. The van der Waals surface area contributed by atoms with Crippen LogP contribution < -0.4 is 11.1 Å². The summed E-state index contributed by atoms with van der Waals surface area (Å²) < 4.78 is 0. The number of amides is 1. The molecule has 0 radical (unpaired) electrons. The van der Waals surface area contributed by atoms with Crippen LogP contribution in [0.3, 0.4) is 0 Å². The third-order valence-corrected chi connectivity index (χ3v) is 2.18. The molecule has 0 spiro atoms. The summed E-state index contributed by atoms with van der Waals surface area (Å²) in [6.45, 7) is 3.41. The Morgan fingerprint density at radius 1 is 1.64 bits per heavy atom. The first-order valence-electron chi connectivity index (χ1n) is 4.05. The Labute approximate surface area is 86.7 Å². The van der Waals surface area contributed by atoms with Crippen molar-refractivity contribution < 1.29 is 4.79 Å². The van der Waals surface area contributed by atoms with Gasteiger partial charge in [0.25, 0.3) is 0 Å². The highest BCUT2D eigenvalue weighted by molar-refractivity contribution is 6.30. The molecule has 3 N–H and O–H groups in total. The van der Waals surface area contributed by atoms with Crippen LogP contribution in [0, 0.1) is 6.92 Å². The number of hydrogen-bond donors (Lipinski definition) is 2. The largest absolute Gasteiger partial charge is 0.368 e. The van der Waals surface area contributed by atoms with Gasteiger partial charge in [0.05, 0.1) is 0 Å². The van der Waals surface area contributed by atoms with Crippen LogP contribution in [0.2, 0.25) is 5.15 Å². The monoisotopic (exact) mass is 214 g/mol. The number of nitrogens with zero attached hydrogens (tertiary/aromatic N) is 2. The average molecular weight is 215 g/mol. The molecule has 6 heteroatoms. The molecule has 0 saturated heterocycles. The zero-order chi connectivity index (χ0) is 10.7. The maximum Gasteiger partial charge on any atom is 0.239 e. The lowest BCUT2D eigenvalue weighted by Crippen LogP contribution is -2.33. The maximum atomic E-state index is 10.8. The first kappa shape index (κ1) is 10.7. The molecule has 0 aliphatic carbocycles. The van der Waals surface area contributed by atoms with E-state index in [4.69, 9.17) is 17.3 Å². The van der Waals surface area contributed by atoms with Crippen LogP contribution in [0.4, 0.5) is 5.82 Å². The molecule has 0 aliphatic heterocycles. The van der Waals surface area contributed by atoms with E-state index >= 15 is 0 Å². The van der Waals surface area contributed by atoms with Crippen LogP contribution in [0.1, 0.15) is 12.5 Å². The summed E-state index contributed by atoms with van der Waals surface area (Å²) in [5.41, 5.74) is 5.79. The number of nitrogens with two attached hydrogens (primary N) is 1. The van der Waals surface area contributed by atoms with Gasteiger partial charge in [-0.2, -0.15) is 0 Å². The fourth-order valence-electron chi connectivity index (χ4n) is 0.850. The Balaban J connectivity index is 2.87. The van der Waals surface area contributed by atoms with Gasteiger partial charge in [-0.1, -0.05) is 11.6 Å². The predicted molar refractivity (Wildman–Crippen MR) is 54.1 cm³/mol. The summed E-state index contributed by atoms with van der Waals surface area (Å²) in [5, 5.41) is 3.20. The Morgan fingerprint density at radius 2 is 2.29 bits per heavy atom. The molecule has 0 aliphatic rings. The second-order valence-electron chi connectivity index (χ2n) is 2.91. The van der Waals surface area contributed by atoms with Crippen molar-refractivity contribution in [3.63, 3.8) is 0 Å². The molecule has 5 nitrogen and oxygen atoms in total. The summed E-state index contributed by atoms with van der Waals surface area (Å²) in [6, 6.07) is -0.486. The van der Waals surface area contributed by atoms with E-state index in [-0.39, 0.29) is 0 Å². The fraction of sp³-hybridized carbons (Fsp3) is 0.375. The average Bonchev–Trinajstić information content (AvgIpc) is 2.12. The van der Waals surface area contributed by atoms with E-state index in [1.54, 1.807) is 13.8 Å². The first-order valence-corrected chi connectivity index (χ1v) is 4.43. The molecule has 0 fully saturated rings. The molecule has 1 heterocycles. The van der Waals surface area contributed by atoms with Gasteiger partial charge >= 0.3 is 0 Å². The van der Waals surface area contributed by atoms with Crippen molar-refractivity contribution in [2.75, 3.05) is 5.32 Å². The van der Waals surface area contributed by atoms with Crippen LogP contribution >= 0.6 is 11.6 Å². The molecule has 76 valence electrons. The van der Waals surface area contributed by atoms with Crippen molar-refractivity contribution in [2.24, 2.45) is 5.73 Å². The SMILES string of the molecule is Cc1c(Cl)ncnc1NC(C)C(N)=O. The summed E-state index contributed by atoms with van der Waals surface area (Å²) >= 11 is 5.77. The van der Waals surface area contributed by atoms with Crippen LogP contribution in [-0.2, 0) is 4.79 Å². The third kappa shape index (κ3) is 2.32. The predicted octanol–water partition coefficient (Wildman–Crippen LogP) is 0.724. The summed E-state index contributed by atoms with van der Waals surface area (Å²) in [6.07, 6.45) is 1.32. The number of aromatic nitrogens is 2. The number of primary amides is 1. The molecule has 0 aromatic carbocycles. The molecule has 1 amide bonds. The zero-order valence-corrected chi connectivity index (χ0v) is 8.67. The Bertz CT molecular complexity index is 355. The standard InChI is InChI=1S/C8H11ClN4O/c1-4-6(9)11-3-12-8(4)13-5(2)7(10)14/h3,5H,1-2H3,(H2,10,14)(H,11,12,13). The number of hydrogen-bond acceptors (Lipinski definition) is 4. The molecular weight excluding hydrogens is 204 g/mol. The molecule has 14 heavy (non-hydrogen) atoms. The van der Waals surface area contributed by atoms with Gasteiger partial charge in [-0.3, -0.25) is 4.79 Å². The zero-order valence-electron chi connectivity index (χ0n) is 7.91. The lowest BCUT2D eigenvalue weighted by Gasteiger charge is -2.12. The second-order valence-corrected chi connectivity index (χ2v) is 3.26. The van der Waals surface area contributed by atoms with Gasteiger partial charge in [0.2, 0.25) is 5.91 Å². The minimum absolute atomic E-state index is 0.360. The Kier molecular flexibility index (Phi) is 3.24. The van der Waals surface area contributed by atoms with Gasteiger partial charge in [-0.25, -0.2) is 9.97 Å². The van der Waals surface area contributed by atoms with E-state index < -0.39 is 11.9 Å². The van der Waals surface area contributed by atoms with Crippen molar-refractivity contribution >= 4 is 23.3 Å². The van der Waals surface area contributed by atoms with Gasteiger partial charge in [0, 0.05) is 5.56 Å². The van der Waals surface area contributed by atoms with Gasteiger partial charge in [0.15, 0.2) is 0 Å². The summed E-state index contributed by atoms with van der Waals surface area (Å²) in [4.78, 5) is 18.5.